The number of hydrogen-bond donors (Lipinski definition) is 1. The maximum Gasteiger partial charge on any atom is 0.129 e. The highest BCUT2D eigenvalue weighted by Gasteiger charge is 2.24. The molecule has 0 amide bonds. The van der Waals surface area contributed by atoms with Gasteiger partial charge in [-0.2, -0.15) is 0 Å². The first-order valence-electron chi connectivity index (χ1n) is 6.39. The molecule has 1 nitrogen and oxygen atoms in total. The maximum absolute atomic E-state index is 13.8. The van der Waals surface area contributed by atoms with E-state index in [1.54, 1.807) is 6.07 Å². The maximum atomic E-state index is 13.8. The van der Waals surface area contributed by atoms with Gasteiger partial charge in [0, 0.05) is 16.1 Å². The Morgan fingerprint density at radius 1 is 1.18 bits per heavy atom. The smallest absolute Gasteiger partial charge is 0.129 e. The zero-order chi connectivity index (χ0) is 12.3. The Balaban J connectivity index is 2.20. The lowest BCUT2D eigenvalue weighted by Gasteiger charge is -2.24. The lowest BCUT2D eigenvalue weighted by atomic mass is 9.87. The van der Waals surface area contributed by atoms with Crippen LogP contribution in [0.4, 0.5) is 4.39 Å². The van der Waals surface area contributed by atoms with E-state index in [-0.39, 0.29) is 11.9 Å². The van der Waals surface area contributed by atoms with Gasteiger partial charge in [0.1, 0.15) is 5.82 Å². The summed E-state index contributed by atoms with van der Waals surface area (Å²) in [7, 11) is 0. The van der Waals surface area contributed by atoms with E-state index >= 15 is 0 Å². The van der Waals surface area contributed by atoms with Crippen molar-refractivity contribution < 1.29 is 4.39 Å². The van der Waals surface area contributed by atoms with E-state index in [4.69, 9.17) is 5.73 Å². The molecule has 3 heteroatoms. The standard InChI is InChI=1S/C14H19BrFN/c15-11-8-5-9-12(16)13(11)14(17)10-6-3-1-2-4-7-10/h5,8-10,14H,1-4,6-7,17H2. The molecule has 1 atom stereocenters. The molecule has 17 heavy (non-hydrogen) atoms. The summed E-state index contributed by atoms with van der Waals surface area (Å²) in [6.07, 6.45) is 7.29. The molecule has 0 bridgehead atoms. The zero-order valence-electron chi connectivity index (χ0n) is 9.96. The molecule has 1 aliphatic carbocycles. The molecule has 1 aromatic carbocycles. The summed E-state index contributed by atoms with van der Waals surface area (Å²) in [4.78, 5) is 0. The van der Waals surface area contributed by atoms with Gasteiger partial charge in [0.2, 0.25) is 0 Å². The van der Waals surface area contributed by atoms with Crippen LogP contribution < -0.4 is 5.73 Å². The highest BCUT2D eigenvalue weighted by molar-refractivity contribution is 9.10. The first-order chi connectivity index (χ1) is 8.20. The van der Waals surface area contributed by atoms with Crippen LogP contribution in [0.5, 0.6) is 0 Å². The van der Waals surface area contributed by atoms with E-state index in [1.165, 1.54) is 31.7 Å². The number of rotatable bonds is 2. The third kappa shape index (κ3) is 3.08. The molecule has 2 N–H and O–H groups in total. The molecule has 2 rings (SSSR count). The van der Waals surface area contributed by atoms with Crippen molar-refractivity contribution in [1.29, 1.82) is 0 Å². The van der Waals surface area contributed by atoms with Crippen molar-refractivity contribution in [3.63, 3.8) is 0 Å². The first-order valence-corrected chi connectivity index (χ1v) is 7.19. The van der Waals surface area contributed by atoms with E-state index in [1.807, 2.05) is 6.07 Å². The third-order valence-electron chi connectivity index (χ3n) is 3.74. The second-order valence-electron chi connectivity index (χ2n) is 4.91. The van der Waals surface area contributed by atoms with Crippen LogP contribution >= 0.6 is 15.9 Å². The largest absolute Gasteiger partial charge is 0.324 e. The Kier molecular flexibility index (Phi) is 4.57. The van der Waals surface area contributed by atoms with Crippen molar-refractivity contribution >= 4 is 15.9 Å². The molecule has 0 saturated heterocycles. The van der Waals surface area contributed by atoms with Crippen molar-refractivity contribution in [2.75, 3.05) is 0 Å². The molecule has 0 heterocycles. The second-order valence-corrected chi connectivity index (χ2v) is 5.77. The molecule has 0 spiro atoms. The quantitative estimate of drug-likeness (QED) is 0.796. The minimum Gasteiger partial charge on any atom is -0.324 e. The zero-order valence-corrected chi connectivity index (χ0v) is 11.5. The van der Waals surface area contributed by atoms with E-state index in [9.17, 15) is 4.39 Å². The number of halogens is 2. The number of hydrogen-bond acceptors (Lipinski definition) is 1. The molecule has 94 valence electrons. The fourth-order valence-corrected chi connectivity index (χ4v) is 3.34. The molecule has 1 fully saturated rings. The Morgan fingerprint density at radius 2 is 1.82 bits per heavy atom. The SMILES string of the molecule is NC(c1c(F)cccc1Br)C1CCCCCC1. The normalized spacial score (nSPS) is 19.9. The molecule has 1 aromatic rings. The summed E-state index contributed by atoms with van der Waals surface area (Å²) in [5, 5.41) is 0. The number of nitrogens with two attached hydrogens (primary N) is 1. The van der Waals surface area contributed by atoms with Crippen molar-refractivity contribution in [3.8, 4) is 0 Å². The van der Waals surface area contributed by atoms with Gasteiger partial charge >= 0.3 is 0 Å². The van der Waals surface area contributed by atoms with Gasteiger partial charge < -0.3 is 5.73 Å². The Hall–Kier alpha value is -0.410. The van der Waals surface area contributed by atoms with E-state index in [0.29, 0.717) is 11.5 Å². The van der Waals surface area contributed by atoms with Gasteiger partial charge in [0.25, 0.3) is 0 Å². The number of benzene rings is 1. The Labute approximate surface area is 111 Å². The average molecular weight is 300 g/mol. The second kappa shape index (κ2) is 5.96. The van der Waals surface area contributed by atoms with Gasteiger partial charge in [-0.1, -0.05) is 47.7 Å². The minimum atomic E-state index is -0.184. The van der Waals surface area contributed by atoms with Crippen LogP contribution in [-0.4, -0.2) is 0 Å². The summed E-state index contributed by atoms with van der Waals surface area (Å²) in [6.45, 7) is 0. The van der Waals surface area contributed by atoms with Crippen molar-refractivity contribution in [3.05, 3.63) is 34.1 Å². The molecule has 1 saturated carbocycles. The van der Waals surface area contributed by atoms with Gasteiger partial charge in [-0.15, -0.1) is 0 Å². The third-order valence-corrected chi connectivity index (χ3v) is 4.43. The molecule has 1 unspecified atom stereocenters. The van der Waals surface area contributed by atoms with E-state index in [0.717, 1.165) is 17.3 Å². The van der Waals surface area contributed by atoms with Gasteiger partial charge in [0.15, 0.2) is 0 Å². The van der Waals surface area contributed by atoms with Crippen LogP contribution in [0.3, 0.4) is 0 Å². The lowest BCUT2D eigenvalue weighted by Crippen LogP contribution is -2.22. The van der Waals surface area contributed by atoms with Gasteiger partial charge in [-0.3, -0.25) is 0 Å². The van der Waals surface area contributed by atoms with Gasteiger partial charge in [0.05, 0.1) is 0 Å². The van der Waals surface area contributed by atoms with Crippen molar-refractivity contribution in [1.82, 2.24) is 0 Å². The Bertz CT molecular complexity index is 352. The topological polar surface area (TPSA) is 26.0 Å². The van der Waals surface area contributed by atoms with Gasteiger partial charge in [-0.05, 0) is 30.9 Å². The summed E-state index contributed by atoms with van der Waals surface area (Å²) in [5.74, 6) is 0.238. The van der Waals surface area contributed by atoms with Crippen LogP contribution in [0.15, 0.2) is 22.7 Å². The van der Waals surface area contributed by atoms with E-state index < -0.39 is 0 Å². The van der Waals surface area contributed by atoms with Crippen LogP contribution in [0.1, 0.15) is 50.1 Å². The summed E-state index contributed by atoms with van der Waals surface area (Å²) >= 11 is 3.41. The van der Waals surface area contributed by atoms with Crippen LogP contribution in [0.2, 0.25) is 0 Å². The molecular formula is C14H19BrFN. The van der Waals surface area contributed by atoms with Crippen LogP contribution in [0.25, 0.3) is 0 Å². The lowest BCUT2D eigenvalue weighted by molar-refractivity contribution is 0.372. The minimum absolute atomic E-state index is 0.177. The molecule has 0 radical (unpaired) electrons. The fraction of sp³-hybridized carbons (Fsp3) is 0.571. The van der Waals surface area contributed by atoms with Crippen molar-refractivity contribution in [2.24, 2.45) is 11.7 Å². The first kappa shape index (κ1) is 13.0. The van der Waals surface area contributed by atoms with Crippen molar-refractivity contribution in [2.45, 2.75) is 44.6 Å². The van der Waals surface area contributed by atoms with Crippen LogP contribution in [-0.2, 0) is 0 Å². The summed E-state index contributed by atoms with van der Waals surface area (Å²) in [6, 6.07) is 4.90. The Morgan fingerprint density at radius 3 is 2.41 bits per heavy atom. The fourth-order valence-electron chi connectivity index (χ4n) is 2.73. The summed E-state index contributed by atoms with van der Waals surface area (Å²) in [5.41, 5.74) is 6.92. The average Bonchev–Trinajstić information content (AvgIpc) is 2.57. The predicted molar refractivity (Wildman–Crippen MR) is 72.2 cm³/mol. The highest BCUT2D eigenvalue weighted by atomic mass is 79.9. The predicted octanol–water partition coefficient (Wildman–Crippen LogP) is 4.56. The van der Waals surface area contributed by atoms with Gasteiger partial charge in [-0.25, -0.2) is 4.39 Å². The summed E-state index contributed by atoms with van der Waals surface area (Å²) < 4.78 is 14.6. The molecule has 0 aromatic heterocycles. The molecular weight excluding hydrogens is 281 g/mol. The van der Waals surface area contributed by atoms with E-state index in [2.05, 4.69) is 15.9 Å². The molecule has 1 aliphatic rings. The van der Waals surface area contributed by atoms with Crippen LogP contribution in [0, 0.1) is 11.7 Å². The monoisotopic (exact) mass is 299 g/mol. The molecule has 0 aliphatic heterocycles. The highest BCUT2D eigenvalue weighted by Crippen LogP contribution is 2.35.